The van der Waals surface area contributed by atoms with Gasteiger partial charge in [-0.3, -0.25) is 4.79 Å². The summed E-state index contributed by atoms with van der Waals surface area (Å²) in [5, 5.41) is 2.78. The molecule has 0 aromatic heterocycles. The molecule has 0 bridgehead atoms. The molecular weight excluding hydrogens is 316 g/mol. The monoisotopic (exact) mass is 336 g/mol. The van der Waals surface area contributed by atoms with E-state index in [0.717, 1.165) is 5.69 Å². The number of hydrogen-bond acceptors (Lipinski definition) is 5. The predicted molar refractivity (Wildman–Crippen MR) is 90.2 cm³/mol. The van der Waals surface area contributed by atoms with E-state index in [-0.39, 0.29) is 37.0 Å². The van der Waals surface area contributed by atoms with Gasteiger partial charge in [0.05, 0.1) is 24.5 Å². The summed E-state index contributed by atoms with van der Waals surface area (Å²) in [7, 11) is -2.88. The second kappa shape index (κ2) is 7.99. The van der Waals surface area contributed by atoms with E-state index in [0.29, 0.717) is 18.8 Å². The summed E-state index contributed by atoms with van der Waals surface area (Å²) in [6, 6.07) is 7.36. The maximum atomic E-state index is 11.7. The van der Waals surface area contributed by atoms with Crippen LogP contribution in [-0.4, -0.2) is 52.1 Å². The summed E-state index contributed by atoms with van der Waals surface area (Å²) in [5.74, 6) is 2.56. The van der Waals surface area contributed by atoms with Crippen LogP contribution in [0.4, 0.5) is 11.4 Å². The minimum Gasteiger partial charge on any atom is -0.369 e. The molecule has 1 heterocycles. The van der Waals surface area contributed by atoms with Crippen LogP contribution in [0.25, 0.3) is 0 Å². The normalized spacial score (nSPS) is 16.6. The summed E-state index contributed by atoms with van der Waals surface area (Å²) < 4.78 is 27.9. The highest BCUT2D eigenvalue weighted by atomic mass is 32.2. The minimum absolute atomic E-state index is 0.140. The lowest BCUT2D eigenvalue weighted by molar-refractivity contribution is -0.117. The molecule has 0 saturated carbocycles. The highest BCUT2D eigenvalue weighted by molar-refractivity contribution is 7.91. The largest absolute Gasteiger partial charge is 0.369 e. The van der Waals surface area contributed by atoms with E-state index in [1.807, 2.05) is 17.0 Å². The summed E-state index contributed by atoms with van der Waals surface area (Å²) in [6.07, 6.45) is 5.29. The van der Waals surface area contributed by atoms with Crippen LogP contribution in [0.15, 0.2) is 24.3 Å². The van der Waals surface area contributed by atoms with Gasteiger partial charge in [-0.1, -0.05) is 5.92 Å². The van der Waals surface area contributed by atoms with Crippen LogP contribution < -0.4 is 10.2 Å². The van der Waals surface area contributed by atoms with Gasteiger partial charge in [0, 0.05) is 24.5 Å². The van der Waals surface area contributed by atoms with Crippen LogP contribution in [0.1, 0.15) is 6.42 Å². The van der Waals surface area contributed by atoms with Gasteiger partial charge in [0.25, 0.3) is 0 Å². The predicted octanol–water partition coefficient (Wildman–Crippen LogP) is 0.900. The van der Waals surface area contributed by atoms with Crippen molar-refractivity contribution in [1.82, 2.24) is 0 Å². The number of carbonyl (C=O) groups excluding carboxylic acids is 1. The molecule has 23 heavy (non-hydrogen) atoms. The van der Waals surface area contributed by atoms with Crippen molar-refractivity contribution in [2.75, 3.05) is 48.0 Å². The van der Waals surface area contributed by atoms with E-state index >= 15 is 0 Å². The molecule has 0 spiro atoms. The third kappa shape index (κ3) is 5.58. The van der Waals surface area contributed by atoms with Crippen molar-refractivity contribution in [3.8, 4) is 12.3 Å². The fourth-order valence-corrected chi connectivity index (χ4v) is 3.45. The zero-order valence-electron chi connectivity index (χ0n) is 12.8. The van der Waals surface area contributed by atoms with Crippen LogP contribution in [0, 0.1) is 12.3 Å². The van der Waals surface area contributed by atoms with E-state index in [1.165, 1.54) is 0 Å². The van der Waals surface area contributed by atoms with Gasteiger partial charge in [-0.25, -0.2) is 8.42 Å². The number of nitrogens with one attached hydrogen (secondary N) is 1. The molecule has 1 aliphatic rings. The first-order valence-electron chi connectivity index (χ1n) is 7.37. The molecule has 7 heteroatoms. The number of sulfone groups is 1. The Morgan fingerprint density at radius 3 is 2.52 bits per heavy atom. The van der Waals surface area contributed by atoms with Crippen molar-refractivity contribution in [2.45, 2.75) is 6.42 Å². The number of rotatable bonds is 6. The van der Waals surface area contributed by atoms with E-state index in [2.05, 4.69) is 11.2 Å². The number of carbonyl (C=O) groups is 1. The van der Waals surface area contributed by atoms with Gasteiger partial charge in [0.2, 0.25) is 5.91 Å². The van der Waals surface area contributed by atoms with Gasteiger partial charge in [0.1, 0.15) is 6.61 Å². The van der Waals surface area contributed by atoms with Gasteiger partial charge in [-0.15, -0.1) is 6.42 Å². The third-order valence-corrected chi connectivity index (χ3v) is 5.13. The van der Waals surface area contributed by atoms with Crippen LogP contribution >= 0.6 is 0 Å². The maximum absolute atomic E-state index is 11.7. The molecule has 0 radical (unpaired) electrons. The zero-order chi connectivity index (χ0) is 16.7. The number of amides is 1. The summed E-state index contributed by atoms with van der Waals surface area (Å²) in [5.41, 5.74) is 1.65. The van der Waals surface area contributed by atoms with Crippen LogP contribution in [-0.2, 0) is 19.4 Å². The Kier molecular flexibility index (Phi) is 6.02. The van der Waals surface area contributed by atoms with E-state index in [9.17, 15) is 13.2 Å². The Hall–Kier alpha value is -2.04. The van der Waals surface area contributed by atoms with Crippen molar-refractivity contribution < 1.29 is 17.9 Å². The first-order chi connectivity index (χ1) is 11.0. The SMILES string of the molecule is C#CCOCCC(=O)Nc1ccc(N2CCS(=O)(=O)CC2)cc1. The number of benzene rings is 1. The summed E-state index contributed by atoms with van der Waals surface area (Å²) in [4.78, 5) is 13.7. The molecule has 2 rings (SSSR count). The lowest BCUT2D eigenvalue weighted by Gasteiger charge is -2.28. The topological polar surface area (TPSA) is 75.7 Å². The van der Waals surface area contributed by atoms with Crippen molar-refractivity contribution in [3.63, 3.8) is 0 Å². The lowest BCUT2D eigenvalue weighted by Crippen LogP contribution is -2.40. The molecule has 1 fully saturated rings. The Bertz CT molecular complexity index is 663. The fraction of sp³-hybridized carbons (Fsp3) is 0.438. The first kappa shape index (κ1) is 17.3. The number of anilines is 2. The summed E-state index contributed by atoms with van der Waals surface area (Å²) in [6.45, 7) is 1.49. The van der Waals surface area contributed by atoms with E-state index in [4.69, 9.17) is 11.2 Å². The standard InChI is InChI=1S/C16H20N2O4S/c1-2-10-22-11-7-16(19)17-14-3-5-15(6-4-14)18-8-12-23(20,21)13-9-18/h1,3-6H,7-13H2,(H,17,19). The fourth-order valence-electron chi connectivity index (χ4n) is 2.25. The second-order valence-electron chi connectivity index (χ2n) is 5.24. The van der Waals surface area contributed by atoms with Crippen LogP contribution in [0.3, 0.4) is 0 Å². The molecule has 1 aliphatic heterocycles. The van der Waals surface area contributed by atoms with Gasteiger partial charge in [-0.2, -0.15) is 0 Å². The van der Waals surface area contributed by atoms with Crippen molar-refractivity contribution >= 4 is 27.1 Å². The molecule has 124 valence electrons. The smallest absolute Gasteiger partial charge is 0.226 e. The van der Waals surface area contributed by atoms with Gasteiger partial charge in [-0.05, 0) is 24.3 Å². The minimum atomic E-state index is -2.88. The highest BCUT2D eigenvalue weighted by Crippen LogP contribution is 2.20. The molecule has 0 aliphatic carbocycles. The molecular formula is C16H20N2O4S. The molecule has 1 saturated heterocycles. The van der Waals surface area contributed by atoms with E-state index in [1.54, 1.807) is 12.1 Å². The van der Waals surface area contributed by atoms with Crippen LogP contribution in [0.2, 0.25) is 0 Å². The number of hydrogen-bond donors (Lipinski definition) is 1. The Morgan fingerprint density at radius 1 is 1.26 bits per heavy atom. The Balaban J connectivity index is 1.83. The second-order valence-corrected chi connectivity index (χ2v) is 7.54. The van der Waals surface area contributed by atoms with Crippen molar-refractivity contribution in [1.29, 1.82) is 0 Å². The lowest BCUT2D eigenvalue weighted by atomic mass is 10.2. The molecule has 0 unspecified atom stereocenters. The average Bonchev–Trinajstić information content (AvgIpc) is 2.53. The van der Waals surface area contributed by atoms with Gasteiger partial charge >= 0.3 is 0 Å². The molecule has 1 N–H and O–H groups in total. The molecule has 0 atom stereocenters. The van der Waals surface area contributed by atoms with Crippen molar-refractivity contribution in [2.24, 2.45) is 0 Å². The maximum Gasteiger partial charge on any atom is 0.226 e. The number of terminal acetylenes is 1. The average molecular weight is 336 g/mol. The third-order valence-electron chi connectivity index (χ3n) is 3.52. The molecule has 6 nitrogen and oxygen atoms in total. The van der Waals surface area contributed by atoms with Crippen molar-refractivity contribution in [3.05, 3.63) is 24.3 Å². The zero-order valence-corrected chi connectivity index (χ0v) is 13.6. The quantitative estimate of drug-likeness (QED) is 0.617. The molecule has 1 aromatic carbocycles. The molecule has 1 amide bonds. The van der Waals surface area contributed by atoms with Crippen LogP contribution in [0.5, 0.6) is 0 Å². The highest BCUT2D eigenvalue weighted by Gasteiger charge is 2.21. The summed E-state index contributed by atoms with van der Waals surface area (Å²) >= 11 is 0. The Morgan fingerprint density at radius 2 is 1.91 bits per heavy atom. The first-order valence-corrected chi connectivity index (χ1v) is 9.19. The van der Waals surface area contributed by atoms with E-state index < -0.39 is 9.84 Å². The molecule has 1 aromatic rings. The van der Waals surface area contributed by atoms with Gasteiger partial charge < -0.3 is 15.0 Å². The Labute approximate surface area is 136 Å². The number of ether oxygens (including phenoxy) is 1. The number of nitrogens with zero attached hydrogens (tertiary/aromatic N) is 1. The van der Waals surface area contributed by atoms with Gasteiger partial charge in [0.15, 0.2) is 9.84 Å².